The number of methoxy groups -OCH3 is 2. The number of nitrogens with zero attached hydrogens (tertiary/aromatic N) is 3. The zero-order valence-corrected chi connectivity index (χ0v) is 23.0. The number of urea groups is 1. The van der Waals surface area contributed by atoms with Crippen LogP contribution >= 0.6 is 22.7 Å². The summed E-state index contributed by atoms with van der Waals surface area (Å²) in [6.07, 6.45) is 3.04. The molecule has 0 saturated heterocycles. The van der Waals surface area contributed by atoms with Gasteiger partial charge in [-0.1, -0.05) is 12.1 Å². The van der Waals surface area contributed by atoms with E-state index in [9.17, 15) is 9.59 Å². The molecule has 1 atom stereocenters. The van der Waals surface area contributed by atoms with Crippen molar-refractivity contribution in [3.05, 3.63) is 86.2 Å². The molecule has 0 radical (unpaired) electrons. The van der Waals surface area contributed by atoms with E-state index < -0.39 is 5.97 Å². The van der Waals surface area contributed by atoms with E-state index >= 15 is 0 Å². The van der Waals surface area contributed by atoms with Crippen LogP contribution in [-0.2, 0) is 24.2 Å². The lowest BCUT2D eigenvalue weighted by atomic mass is 10.00. The van der Waals surface area contributed by atoms with Gasteiger partial charge in [0, 0.05) is 29.7 Å². The molecule has 38 heavy (non-hydrogen) atoms. The predicted octanol–water partition coefficient (Wildman–Crippen LogP) is 5.52. The molecule has 2 aliphatic heterocycles. The van der Waals surface area contributed by atoms with E-state index in [1.54, 1.807) is 18.6 Å². The highest BCUT2D eigenvalue weighted by atomic mass is 32.1. The average Bonchev–Trinajstić information content (AvgIpc) is 3.65. The fourth-order valence-corrected chi connectivity index (χ4v) is 7.54. The van der Waals surface area contributed by atoms with Gasteiger partial charge in [-0.25, -0.2) is 9.59 Å². The molecule has 2 amide bonds. The van der Waals surface area contributed by atoms with Crippen molar-refractivity contribution >= 4 is 40.4 Å². The second-order valence-corrected chi connectivity index (χ2v) is 11.5. The van der Waals surface area contributed by atoms with Gasteiger partial charge >= 0.3 is 12.0 Å². The van der Waals surface area contributed by atoms with Crippen LogP contribution in [0, 0.1) is 0 Å². The Bertz CT molecular complexity index is 1500. The number of hydrogen-bond donors (Lipinski definition) is 1. The monoisotopic (exact) mass is 548 g/mol. The number of ether oxygens (including phenoxy) is 2. The molecule has 5 heterocycles. The Balaban J connectivity index is 1.47. The topological polar surface area (TPSA) is 76.0 Å². The maximum Gasteiger partial charge on any atom is 0.350 e. The third-order valence-electron chi connectivity index (χ3n) is 7.23. The maximum atomic E-state index is 14.1. The minimum Gasteiger partial charge on any atom is -0.497 e. The normalized spacial score (nSPS) is 16.7. The van der Waals surface area contributed by atoms with Gasteiger partial charge in [0.25, 0.3) is 0 Å². The number of thiophene rings is 2. The predicted molar refractivity (Wildman–Crippen MR) is 149 cm³/mol. The Morgan fingerprint density at radius 1 is 1.05 bits per heavy atom. The zero-order chi connectivity index (χ0) is 26.4. The molecule has 10 heteroatoms. The largest absolute Gasteiger partial charge is 0.497 e. The lowest BCUT2D eigenvalue weighted by Crippen LogP contribution is -2.38. The fourth-order valence-electron chi connectivity index (χ4n) is 5.33. The Labute approximate surface area is 229 Å². The van der Waals surface area contributed by atoms with Crippen LogP contribution in [0.5, 0.6) is 5.75 Å². The highest BCUT2D eigenvalue weighted by molar-refractivity contribution is 7.15. The quantitative estimate of drug-likeness (QED) is 0.340. The van der Waals surface area contributed by atoms with Gasteiger partial charge in [-0.05, 0) is 60.3 Å². The van der Waals surface area contributed by atoms with Gasteiger partial charge in [0.05, 0.1) is 38.2 Å². The Morgan fingerprint density at radius 3 is 2.63 bits per heavy atom. The third-order valence-corrected chi connectivity index (χ3v) is 9.38. The molecule has 0 spiro atoms. The van der Waals surface area contributed by atoms with E-state index in [4.69, 9.17) is 9.47 Å². The van der Waals surface area contributed by atoms with Gasteiger partial charge in [0.15, 0.2) is 0 Å². The van der Waals surface area contributed by atoms with Gasteiger partial charge in [-0.3, -0.25) is 0 Å². The first-order chi connectivity index (χ1) is 18.5. The highest BCUT2D eigenvalue weighted by Gasteiger charge is 2.37. The highest BCUT2D eigenvalue weighted by Crippen LogP contribution is 2.44. The summed E-state index contributed by atoms with van der Waals surface area (Å²) in [5, 5.41) is 5.97. The molecule has 0 fully saturated rings. The smallest absolute Gasteiger partial charge is 0.350 e. The number of aromatic nitrogens is 1. The first kappa shape index (κ1) is 24.7. The molecular weight excluding hydrogens is 520 g/mol. The van der Waals surface area contributed by atoms with Gasteiger partial charge in [0.1, 0.15) is 15.6 Å². The minimum atomic E-state index is -0.468. The Hall–Kier alpha value is -3.60. The van der Waals surface area contributed by atoms with E-state index in [1.807, 2.05) is 46.6 Å². The van der Waals surface area contributed by atoms with E-state index in [2.05, 4.69) is 34.1 Å². The number of esters is 1. The number of benzene rings is 1. The summed E-state index contributed by atoms with van der Waals surface area (Å²) in [7, 11) is 5.13. The van der Waals surface area contributed by atoms with E-state index in [0.717, 1.165) is 36.5 Å². The van der Waals surface area contributed by atoms with Crippen LogP contribution in [0.15, 0.2) is 54.0 Å². The number of carbonyl (C=O) groups is 2. The van der Waals surface area contributed by atoms with Crippen LogP contribution in [0.3, 0.4) is 0 Å². The number of likely N-dealkylation sites (N-methyl/N-ethyl adjacent to an activating group) is 1. The standard InChI is InChI=1S/C28H28N4O4S2/c1-30-13-10-19-20-15-32(28(34)29-21-11-14-37-25(21)27(33)36-3)24(17-6-8-18(35-2)9-7-17)22-5-4-12-31(22)26(20)38-23(19)16-30/h4-9,11-12,14,24H,10,13,15-16H2,1-3H3,(H,29,34)/t24-/m1/s1. The first-order valence-electron chi connectivity index (χ1n) is 12.4. The molecule has 1 N–H and O–H groups in total. The average molecular weight is 549 g/mol. The lowest BCUT2D eigenvalue weighted by Gasteiger charge is -2.32. The molecule has 4 aromatic rings. The molecule has 3 aromatic heterocycles. The van der Waals surface area contributed by atoms with Crippen molar-refractivity contribution < 1.29 is 19.1 Å². The van der Waals surface area contributed by atoms with Crippen molar-refractivity contribution in [2.24, 2.45) is 0 Å². The molecular formula is C28H28N4O4S2. The van der Waals surface area contributed by atoms with E-state index in [1.165, 1.54) is 39.5 Å². The third kappa shape index (κ3) is 4.18. The van der Waals surface area contributed by atoms with Gasteiger partial charge < -0.3 is 29.2 Å². The maximum absolute atomic E-state index is 14.1. The number of fused-ring (bicyclic) bond motifs is 5. The van der Waals surface area contributed by atoms with Crippen molar-refractivity contribution in [2.45, 2.75) is 25.6 Å². The van der Waals surface area contributed by atoms with Crippen LogP contribution < -0.4 is 10.1 Å². The number of amides is 2. The van der Waals surface area contributed by atoms with Crippen molar-refractivity contribution in [3.8, 4) is 10.8 Å². The second-order valence-electron chi connectivity index (χ2n) is 9.47. The van der Waals surface area contributed by atoms with Crippen molar-refractivity contribution in [1.29, 1.82) is 0 Å². The fraction of sp³-hybridized carbons (Fsp3) is 0.286. The zero-order valence-electron chi connectivity index (χ0n) is 21.4. The van der Waals surface area contributed by atoms with Gasteiger partial charge in [-0.2, -0.15) is 0 Å². The van der Waals surface area contributed by atoms with Crippen LogP contribution in [0.4, 0.5) is 10.5 Å². The summed E-state index contributed by atoms with van der Waals surface area (Å²) in [4.78, 5) is 32.4. The summed E-state index contributed by atoms with van der Waals surface area (Å²) in [6, 6.07) is 13.1. The van der Waals surface area contributed by atoms with Crippen molar-refractivity contribution in [1.82, 2.24) is 14.4 Å². The number of hydrogen-bond acceptors (Lipinski definition) is 7. The van der Waals surface area contributed by atoms with E-state index in [-0.39, 0.29) is 12.1 Å². The van der Waals surface area contributed by atoms with Crippen molar-refractivity contribution in [3.63, 3.8) is 0 Å². The van der Waals surface area contributed by atoms with Crippen LogP contribution in [0.2, 0.25) is 0 Å². The molecule has 1 aromatic carbocycles. The Kier molecular flexibility index (Phi) is 6.46. The number of rotatable bonds is 4. The second kappa shape index (κ2) is 9.94. The number of carbonyl (C=O) groups excluding carboxylic acids is 2. The minimum absolute atomic E-state index is 0.275. The Morgan fingerprint density at radius 2 is 1.87 bits per heavy atom. The van der Waals surface area contributed by atoms with Crippen LogP contribution in [0.1, 0.15) is 43.0 Å². The molecule has 0 aliphatic carbocycles. The molecule has 2 aliphatic rings. The lowest BCUT2D eigenvalue weighted by molar-refractivity contribution is 0.0607. The van der Waals surface area contributed by atoms with Gasteiger partial charge in [0.2, 0.25) is 0 Å². The summed E-state index contributed by atoms with van der Waals surface area (Å²) >= 11 is 3.06. The van der Waals surface area contributed by atoms with Crippen LogP contribution in [-0.4, -0.2) is 54.2 Å². The SMILES string of the molecule is COC(=O)c1sccc1NC(=O)N1Cc2c(sc3c2CCN(C)C3)-n2cccc2[C@H]1c1ccc(OC)cc1. The first-order valence-corrected chi connectivity index (χ1v) is 14.0. The van der Waals surface area contributed by atoms with Crippen molar-refractivity contribution in [2.75, 3.05) is 33.1 Å². The summed E-state index contributed by atoms with van der Waals surface area (Å²) < 4.78 is 12.6. The van der Waals surface area contributed by atoms with E-state index in [0.29, 0.717) is 17.1 Å². The molecule has 6 rings (SSSR count). The summed E-state index contributed by atoms with van der Waals surface area (Å²) in [6.45, 7) is 2.35. The molecule has 0 bridgehead atoms. The summed E-state index contributed by atoms with van der Waals surface area (Å²) in [5.74, 6) is 0.289. The molecule has 0 unspecified atom stereocenters. The van der Waals surface area contributed by atoms with Crippen LogP contribution in [0.25, 0.3) is 5.00 Å². The molecule has 8 nitrogen and oxygen atoms in total. The number of anilines is 1. The molecule has 0 saturated carbocycles. The molecule has 196 valence electrons. The summed E-state index contributed by atoms with van der Waals surface area (Å²) in [5.41, 5.74) is 4.98. The number of nitrogens with one attached hydrogen (secondary N) is 1. The van der Waals surface area contributed by atoms with Gasteiger partial charge in [-0.15, -0.1) is 22.7 Å².